The first kappa shape index (κ1) is 15.9. The fourth-order valence-electron chi connectivity index (χ4n) is 1.19. The molecule has 4 nitrogen and oxygen atoms in total. The Morgan fingerprint density at radius 1 is 1.00 bits per heavy atom. The fraction of sp³-hybridized carbons (Fsp3) is 0.231. The molecule has 0 aliphatic rings. The standard InChI is InChI=1S/C7H8BrNO.C6H6BrNO/c1-5-7(10-2)3-6(8)4-9-5;1-4-6(9)2-5(7)3-8-4/h3-4H,1-2H3;2-3,9H,1H3. The molecular weight excluding hydrogens is 376 g/mol. The third-order valence-corrected chi connectivity index (χ3v) is 3.12. The third kappa shape index (κ3) is 5.16. The Morgan fingerprint density at radius 3 is 1.95 bits per heavy atom. The van der Waals surface area contributed by atoms with Gasteiger partial charge in [0.15, 0.2) is 0 Å². The first-order valence-electron chi connectivity index (χ1n) is 5.41. The minimum absolute atomic E-state index is 0.226. The van der Waals surface area contributed by atoms with Gasteiger partial charge in [0.05, 0.1) is 18.5 Å². The molecule has 0 radical (unpaired) electrons. The van der Waals surface area contributed by atoms with Crippen LogP contribution in [0.15, 0.2) is 33.5 Å². The predicted octanol–water partition coefficient (Wildman–Crippen LogP) is 4.02. The maximum absolute atomic E-state index is 9.01. The van der Waals surface area contributed by atoms with Crippen LogP contribution in [-0.4, -0.2) is 22.2 Å². The van der Waals surface area contributed by atoms with Gasteiger partial charge in [-0.05, 0) is 57.8 Å². The number of ether oxygens (including phenoxy) is 1. The number of rotatable bonds is 1. The molecular formula is C13H14Br2N2O2. The summed E-state index contributed by atoms with van der Waals surface area (Å²) in [7, 11) is 1.64. The molecule has 0 spiro atoms. The van der Waals surface area contributed by atoms with Crippen molar-refractivity contribution in [2.75, 3.05) is 7.11 Å². The van der Waals surface area contributed by atoms with Crippen LogP contribution < -0.4 is 4.74 Å². The zero-order chi connectivity index (χ0) is 14.4. The van der Waals surface area contributed by atoms with Gasteiger partial charge in [0, 0.05) is 21.3 Å². The average molecular weight is 390 g/mol. The van der Waals surface area contributed by atoms with Crippen molar-refractivity contribution in [1.29, 1.82) is 0 Å². The van der Waals surface area contributed by atoms with Crippen LogP contribution in [0.25, 0.3) is 0 Å². The molecule has 0 aliphatic carbocycles. The van der Waals surface area contributed by atoms with Gasteiger partial charge in [-0.25, -0.2) is 0 Å². The monoisotopic (exact) mass is 388 g/mol. The van der Waals surface area contributed by atoms with E-state index in [1.807, 2.05) is 13.0 Å². The van der Waals surface area contributed by atoms with Gasteiger partial charge in [0.2, 0.25) is 0 Å². The highest BCUT2D eigenvalue weighted by Gasteiger charge is 1.97. The van der Waals surface area contributed by atoms with Crippen molar-refractivity contribution in [1.82, 2.24) is 9.97 Å². The summed E-state index contributed by atoms with van der Waals surface area (Å²) < 4.78 is 6.77. The van der Waals surface area contributed by atoms with Gasteiger partial charge in [0.25, 0.3) is 0 Å². The van der Waals surface area contributed by atoms with Crippen LogP contribution in [0.1, 0.15) is 11.4 Å². The Labute approximate surface area is 129 Å². The second-order valence-electron chi connectivity index (χ2n) is 3.70. The lowest BCUT2D eigenvalue weighted by molar-refractivity contribution is 0.409. The SMILES string of the molecule is COc1cc(Br)cnc1C.Cc1ncc(Br)cc1O. The Hall–Kier alpha value is -1.14. The summed E-state index contributed by atoms with van der Waals surface area (Å²) >= 11 is 6.47. The lowest BCUT2D eigenvalue weighted by Gasteiger charge is -2.01. The molecule has 0 saturated carbocycles. The molecule has 2 aromatic rings. The average Bonchev–Trinajstić information content (AvgIpc) is 2.38. The number of hydrogen-bond acceptors (Lipinski definition) is 4. The van der Waals surface area contributed by atoms with Crippen LogP contribution in [0.2, 0.25) is 0 Å². The minimum atomic E-state index is 0.226. The fourth-order valence-corrected chi connectivity index (χ4v) is 1.82. The highest BCUT2D eigenvalue weighted by atomic mass is 79.9. The maximum Gasteiger partial charge on any atom is 0.141 e. The maximum atomic E-state index is 9.01. The van der Waals surface area contributed by atoms with E-state index >= 15 is 0 Å². The molecule has 0 saturated heterocycles. The summed E-state index contributed by atoms with van der Waals surface area (Å²) in [5, 5.41) is 9.01. The van der Waals surface area contributed by atoms with E-state index in [9.17, 15) is 0 Å². The Kier molecular flexibility index (Phi) is 6.24. The summed E-state index contributed by atoms with van der Waals surface area (Å²) in [6.07, 6.45) is 3.40. The van der Waals surface area contributed by atoms with E-state index in [1.165, 1.54) is 0 Å². The van der Waals surface area contributed by atoms with Crippen molar-refractivity contribution < 1.29 is 9.84 Å². The van der Waals surface area contributed by atoms with E-state index in [0.717, 1.165) is 20.4 Å². The summed E-state index contributed by atoms with van der Waals surface area (Å²) in [4.78, 5) is 7.96. The van der Waals surface area contributed by atoms with Crippen molar-refractivity contribution in [3.63, 3.8) is 0 Å². The van der Waals surface area contributed by atoms with E-state index < -0.39 is 0 Å². The summed E-state index contributed by atoms with van der Waals surface area (Å²) in [5.74, 6) is 1.04. The predicted molar refractivity (Wildman–Crippen MR) is 81.6 cm³/mol. The quantitative estimate of drug-likeness (QED) is 0.800. The van der Waals surface area contributed by atoms with Crippen molar-refractivity contribution in [2.45, 2.75) is 13.8 Å². The molecule has 0 bridgehead atoms. The van der Waals surface area contributed by atoms with Crippen LogP contribution in [0.5, 0.6) is 11.5 Å². The van der Waals surface area contributed by atoms with Crippen LogP contribution >= 0.6 is 31.9 Å². The smallest absolute Gasteiger partial charge is 0.141 e. The molecule has 0 aromatic carbocycles. The van der Waals surface area contributed by atoms with Crippen LogP contribution in [-0.2, 0) is 0 Å². The summed E-state index contributed by atoms with van der Waals surface area (Å²) in [5.41, 5.74) is 1.56. The number of methoxy groups -OCH3 is 1. The first-order valence-corrected chi connectivity index (χ1v) is 7.00. The number of hydrogen-bond donors (Lipinski definition) is 1. The van der Waals surface area contributed by atoms with Gasteiger partial charge in [-0.15, -0.1) is 0 Å². The number of aromatic nitrogens is 2. The molecule has 2 aromatic heterocycles. The number of halogens is 2. The molecule has 0 atom stereocenters. The molecule has 2 heterocycles. The molecule has 6 heteroatoms. The van der Waals surface area contributed by atoms with E-state index in [4.69, 9.17) is 9.84 Å². The molecule has 0 unspecified atom stereocenters. The summed E-state index contributed by atoms with van der Waals surface area (Å²) in [6, 6.07) is 3.50. The van der Waals surface area contributed by atoms with Gasteiger partial charge in [-0.3, -0.25) is 9.97 Å². The minimum Gasteiger partial charge on any atom is -0.506 e. The first-order chi connectivity index (χ1) is 8.93. The van der Waals surface area contributed by atoms with Gasteiger partial charge in [0.1, 0.15) is 11.5 Å². The van der Waals surface area contributed by atoms with Gasteiger partial charge in [-0.1, -0.05) is 0 Å². The van der Waals surface area contributed by atoms with Crippen molar-refractivity contribution in [3.05, 3.63) is 44.9 Å². The Bertz CT molecular complexity index is 562. The van der Waals surface area contributed by atoms with Crippen molar-refractivity contribution in [2.24, 2.45) is 0 Å². The molecule has 0 aliphatic heterocycles. The zero-order valence-corrected chi connectivity index (χ0v) is 14.0. The van der Waals surface area contributed by atoms with Crippen LogP contribution in [0, 0.1) is 13.8 Å². The topological polar surface area (TPSA) is 55.2 Å². The number of aromatic hydroxyl groups is 1. The van der Waals surface area contributed by atoms with Gasteiger partial charge >= 0.3 is 0 Å². The van der Waals surface area contributed by atoms with E-state index in [2.05, 4.69) is 41.8 Å². The third-order valence-electron chi connectivity index (χ3n) is 2.25. The number of aryl methyl sites for hydroxylation is 2. The number of nitrogens with zero attached hydrogens (tertiary/aromatic N) is 2. The van der Waals surface area contributed by atoms with Gasteiger partial charge in [-0.2, -0.15) is 0 Å². The molecule has 2 rings (SSSR count). The van der Waals surface area contributed by atoms with E-state index in [0.29, 0.717) is 5.69 Å². The lowest BCUT2D eigenvalue weighted by atomic mass is 10.3. The van der Waals surface area contributed by atoms with Crippen molar-refractivity contribution in [3.8, 4) is 11.5 Å². The Balaban J connectivity index is 0.000000191. The molecule has 102 valence electrons. The molecule has 0 fully saturated rings. The highest BCUT2D eigenvalue weighted by molar-refractivity contribution is 9.10. The summed E-state index contributed by atoms with van der Waals surface area (Å²) in [6.45, 7) is 3.66. The van der Waals surface area contributed by atoms with E-state index in [-0.39, 0.29) is 5.75 Å². The molecule has 19 heavy (non-hydrogen) atoms. The largest absolute Gasteiger partial charge is 0.506 e. The van der Waals surface area contributed by atoms with Gasteiger partial charge < -0.3 is 9.84 Å². The highest BCUT2D eigenvalue weighted by Crippen LogP contribution is 2.19. The second kappa shape index (κ2) is 7.45. The zero-order valence-electron chi connectivity index (χ0n) is 10.8. The second-order valence-corrected chi connectivity index (χ2v) is 5.53. The molecule has 1 N–H and O–H groups in total. The Morgan fingerprint density at radius 2 is 1.53 bits per heavy atom. The van der Waals surface area contributed by atoms with Crippen molar-refractivity contribution >= 4 is 31.9 Å². The number of pyridine rings is 2. The normalized spacial score (nSPS) is 9.53. The lowest BCUT2D eigenvalue weighted by Crippen LogP contribution is -1.89. The van der Waals surface area contributed by atoms with Crippen LogP contribution in [0.4, 0.5) is 0 Å². The molecule has 0 amide bonds. The van der Waals surface area contributed by atoms with E-state index in [1.54, 1.807) is 32.5 Å². The van der Waals surface area contributed by atoms with Crippen LogP contribution in [0.3, 0.4) is 0 Å².